The lowest BCUT2D eigenvalue weighted by Gasteiger charge is -2.15. The van der Waals surface area contributed by atoms with Gasteiger partial charge in [-0.05, 0) is 19.4 Å². The highest BCUT2D eigenvalue weighted by Crippen LogP contribution is 2.09. The van der Waals surface area contributed by atoms with Crippen molar-refractivity contribution in [3.05, 3.63) is 0 Å². The zero-order chi connectivity index (χ0) is 12.1. The van der Waals surface area contributed by atoms with Gasteiger partial charge >= 0.3 is 0 Å². The van der Waals surface area contributed by atoms with E-state index >= 15 is 0 Å². The summed E-state index contributed by atoms with van der Waals surface area (Å²) >= 11 is 0. The van der Waals surface area contributed by atoms with Gasteiger partial charge in [-0.15, -0.1) is 0 Å². The number of aliphatic hydroxyl groups is 1. The van der Waals surface area contributed by atoms with Crippen molar-refractivity contribution in [2.24, 2.45) is 0 Å². The van der Waals surface area contributed by atoms with Crippen molar-refractivity contribution < 1.29 is 5.11 Å². The molecule has 16 heavy (non-hydrogen) atoms. The van der Waals surface area contributed by atoms with Crippen LogP contribution in [0.3, 0.4) is 0 Å². The van der Waals surface area contributed by atoms with E-state index in [4.69, 9.17) is 5.11 Å². The van der Waals surface area contributed by atoms with Crippen LogP contribution in [0.25, 0.3) is 0 Å². The lowest BCUT2D eigenvalue weighted by atomic mass is 10.1. The fourth-order valence-electron chi connectivity index (χ4n) is 1.95. The minimum absolute atomic E-state index is 0.288. The third-order valence-electron chi connectivity index (χ3n) is 3.06. The molecule has 0 aliphatic carbocycles. The zero-order valence-corrected chi connectivity index (χ0v) is 11.3. The largest absolute Gasteiger partial charge is 0.395 e. The molecule has 2 nitrogen and oxygen atoms in total. The third kappa shape index (κ3) is 10.4. The van der Waals surface area contributed by atoms with E-state index in [-0.39, 0.29) is 6.61 Å². The van der Waals surface area contributed by atoms with Crippen LogP contribution in [0.4, 0.5) is 0 Å². The first-order chi connectivity index (χ1) is 7.85. The Bertz CT molecular complexity index is 128. The number of hydrogen-bond acceptors (Lipinski definition) is 2. The summed E-state index contributed by atoms with van der Waals surface area (Å²) in [5.41, 5.74) is 0. The van der Waals surface area contributed by atoms with Crippen LogP contribution in [-0.2, 0) is 0 Å². The predicted molar refractivity (Wildman–Crippen MR) is 71.8 cm³/mol. The summed E-state index contributed by atoms with van der Waals surface area (Å²) < 4.78 is 0. The van der Waals surface area contributed by atoms with Gasteiger partial charge in [-0.25, -0.2) is 0 Å². The first-order valence-corrected chi connectivity index (χ1v) is 7.19. The number of aliphatic hydroxyl groups excluding tert-OH is 1. The quantitative estimate of drug-likeness (QED) is 0.502. The third-order valence-corrected chi connectivity index (χ3v) is 3.06. The molecule has 2 N–H and O–H groups in total. The van der Waals surface area contributed by atoms with Crippen LogP contribution in [0.5, 0.6) is 0 Å². The fourth-order valence-corrected chi connectivity index (χ4v) is 1.95. The zero-order valence-electron chi connectivity index (χ0n) is 11.3. The highest BCUT2D eigenvalue weighted by Gasteiger charge is 2.04. The number of unbranched alkanes of at least 4 members (excludes halogenated alkanes) is 6. The van der Waals surface area contributed by atoms with Gasteiger partial charge in [0.2, 0.25) is 0 Å². The summed E-state index contributed by atoms with van der Waals surface area (Å²) in [6.07, 6.45) is 11.7. The molecule has 1 atom stereocenters. The van der Waals surface area contributed by atoms with Gasteiger partial charge in [0, 0.05) is 6.04 Å². The Hall–Kier alpha value is -0.0800. The second-order valence-electron chi connectivity index (χ2n) is 4.74. The molecule has 0 saturated carbocycles. The SMILES string of the molecule is CCCCCCCCCC(CO)NCCC. The molecule has 2 heteroatoms. The molecular weight excluding hydrogens is 198 g/mol. The van der Waals surface area contributed by atoms with E-state index in [9.17, 15) is 0 Å². The van der Waals surface area contributed by atoms with Gasteiger partial charge < -0.3 is 10.4 Å². The molecule has 0 heterocycles. The standard InChI is InChI=1S/C14H31NO/c1-3-5-6-7-8-9-10-11-14(13-16)15-12-4-2/h14-16H,3-13H2,1-2H3. The van der Waals surface area contributed by atoms with E-state index in [1.165, 1.54) is 44.9 Å². The Kier molecular flexibility index (Phi) is 12.9. The Labute approximate surface area is 102 Å². The van der Waals surface area contributed by atoms with Gasteiger partial charge in [-0.3, -0.25) is 0 Å². The monoisotopic (exact) mass is 229 g/mol. The van der Waals surface area contributed by atoms with Crippen LogP contribution in [0, 0.1) is 0 Å². The molecule has 0 aliphatic rings. The molecule has 0 rings (SSSR count). The van der Waals surface area contributed by atoms with Crippen LogP contribution in [0.15, 0.2) is 0 Å². The number of rotatable bonds is 12. The van der Waals surface area contributed by atoms with E-state index in [2.05, 4.69) is 19.2 Å². The lowest BCUT2D eigenvalue weighted by Crippen LogP contribution is -2.32. The predicted octanol–water partition coefficient (Wildman–Crippen LogP) is 3.49. The maximum atomic E-state index is 9.16. The van der Waals surface area contributed by atoms with Crippen LogP contribution in [0.2, 0.25) is 0 Å². The minimum Gasteiger partial charge on any atom is -0.395 e. The summed E-state index contributed by atoms with van der Waals surface area (Å²) in [6.45, 7) is 5.73. The van der Waals surface area contributed by atoms with Crippen LogP contribution in [-0.4, -0.2) is 24.3 Å². The molecular formula is C14H31NO. The highest BCUT2D eigenvalue weighted by atomic mass is 16.3. The summed E-state index contributed by atoms with van der Waals surface area (Å²) in [4.78, 5) is 0. The van der Waals surface area contributed by atoms with Gasteiger partial charge in [0.1, 0.15) is 0 Å². The van der Waals surface area contributed by atoms with Crippen LogP contribution < -0.4 is 5.32 Å². The van der Waals surface area contributed by atoms with E-state index < -0.39 is 0 Å². The topological polar surface area (TPSA) is 32.3 Å². The summed E-state index contributed by atoms with van der Waals surface area (Å²) in [7, 11) is 0. The van der Waals surface area contributed by atoms with Gasteiger partial charge in [0.05, 0.1) is 6.61 Å². The van der Waals surface area contributed by atoms with Crippen molar-refractivity contribution >= 4 is 0 Å². The fraction of sp³-hybridized carbons (Fsp3) is 1.00. The van der Waals surface area contributed by atoms with Crippen molar-refractivity contribution in [3.8, 4) is 0 Å². The molecule has 0 fully saturated rings. The first kappa shape index (κ1) is 15.9. The van der Waals surface area contributed by atoms with E-state index in [1.54, 1.807) is 0 Å². The normalized spacial score (nSPS) is 12.9. The lowest BCUT2D eigenvalue weighted by molar-refractivity contribution is 0.233. The molecule has 0 aromatic carbocycles. The number of hydrogen-bond donors (Lipinski definition) is 2. The van der Waals surface area contributed by atoms with Gasteiger partial charge in [0.25, 0.3) is 0 Å². The van der Waals surface area contributed by atoms with Gasteiger partial charge in [-0.1, -0.05) is 58.8 Å². The van der Waals surface area contributed by atoms with E-state index in [1.807, 2.05) is 0 Å². The van der Waals surface area contributed by atoms with E-state index in [0.29, 0.717) is 6.04 Å². The summed E-state index contributed by atoms with van der Waals surface area (Å²) in [5, 5.41) is 12.5. The molecule has 0 bridgehead atoms. The molecule has 98 valence electrons. The Balaban J connectivity index is 3.20. The van der Waals surface area contributed by atoms with Gasteiger partial charge in [-0.2, -0.15) is 0 Å². The van der Waals surface area contributed by atoms with Gasteiger partial charge in [0.15, 0.2) is 0 Å². The first-order valence-electron chi connectivity index (χ1n) is 7.19. The molecule has 0 aromatic rings. The van der Waals surface area contributed by atoms with E-state index in [0.717, 1.165) is 19.4 Å². The smallest absolute Gasteiger partial charge is 0.0584 e. The Morgan fingerprint density at radius 2 is 1.50 bits per heavy atom. The second-order valence-corrected chi connectivity index (χ2v) is 4.74. The maximum absolute atomic E-state index is 9.16. The Morgan fingerprint density at radius 3 is 2.06 bits per heavy atom. The van der Waals surface area contributed by atoms with Crippen molar-refractivity contribution in [3.63, 3.8) is 0 Å². The molecule has 0 aromatic heterocycles. The molecule has 0 amide bonds. The van der Waals surface area contributed by atoms with Crippen molar-refractivity contribution in [1.29, 1.82) is 0 Å². The average Bonchev–Trinajstić information content (AvgIpc) is 2.32. The average molecular weight is 229 g/mol. The van der Waals surface area contributed by atoms with Crippen LogP contribution in [0.1, 0.15) is 71.6 Å². The highest BCUT2D eigenvalue weighted by molar-refractivity contribution is 4.64. The number of nitrogens with one attached hydrogen (secondary N) is 1. The van der Waals surface area contributed by atoms with Crippen LogP contribution >= 0.6 is 0 Å². The maximum Gasteiger partial charge on any atom is 0.0584 e. The summed E-state index contributed by atoms with van der Waals surface area (Å²) in [6, 6.07) is 0.329. The molecule has 0 spiro atoms. The molecule has 1 unspecified atom stereocenters. The second kappa shape index (κ2) is 13.0. The van der Waals surface area contributed by atoms with Crippen molar-refractivity contribution in [2.45, 2.75) is 77.7 Å². The minimum atomic E-state index is 0.288. The van der Waals surface area contributed by atoms with Crippen molar-refractivity contribution in [1.82, 2.24) is 5.32 Å². The molecule has 0 saturated heterocycles. The molecule has 0 aliphatic heterocycles. The summed E-state index contributed by atoms with van der Waals surface area (Å²) in [5.74, 6) is 0. The Morgan fingerprint density at radius 1 is 0.875 bits per heavy atom. The van der Waals surface area contributed by atoms with Crippen molar-refractivity contribution in [2.75, 3.05) is 13.2 Å². The molecule has 0 radical (unpaired) electrons.